The van der Waals surface area contributed by atoms with Gasteiger partial charge < -0.3 is 20.1 Å². The zero-order valence-corrected chi connectivity index (χ0v) is 12.4. The minimum absolute atomic E-state index is 0.287. The number of methoxy groups -OCH3 is 2. The van der Waals surface area contributed by atoms with Gasteiger partial charge in [0.05, 0.1) is 25.6 Å². The Labute approximate surface area is 123 Å². The third-order valence-electron chi connectivity index (χ3n) is 3.26. The first-order chi connectivity index (χ1) is 10.1. The van der Waals surface area contributed by atoms with Crippen LogP contribution in [0.15, 0.2) is 36.4 Å². The molecule has 5 heteroatoms. The van der Waals surface area contributed by atoms with Gasteiger partial charge in [-0.15, -0.1) is 0 Å². The molecule has 21 heavy (non-hydrogen) atoms. The first-order valence-electron chi connectivity index (χ1n) is 6.65. The molecule has 2 rings (SSSR count). The van der Waals surface area contributed by atoms with Crippen LogP contribution in [0.3, 0.4) is 0 Å². The summed E-state index contributed by atoms with van der Waals surface area (Å²) in [6, 6.07) is 9.89. The summed E-state index contributed by atoms with van der Waals surface area (Å²) in [7, 11) is 3.12. The molecule has 0 aliphatic carbocycles. The molecule has 0 atom stereocenters. The van der Waals surface area contributed by atoms with Crippen LogP contribution >= 0.6 is 0 Å². The summed E-state index contributed by atoms with van der Waals surface area (Å²) in [5.41, 5.74) is 8.13. The van der Waals surface area contributed by atoms with Crippen molar-refractivity contribution in [2.75, 3.05) is 31.4 Å². The number of hydrogen-bond acceptors (Lipinski definition) is 4. The van der Waals surface area contributed by atoms with Crippen molar-refractivity contribution < 1.29 is 13.9 Å². The molecular weight excluding hydrogens is 271 g/mol. The highest BCUT2D eigenvalue weighted by atomic mass is 19.1. The number of nitrogens with two attached hydrogens (primary N) is 1. The first kappa shape index (κ1) is 15.0. The minimum atomic E-state index is -0.287. The third-order valence-corrected chi connectivity index (χ3v) is 3.26. The Morgan fingerprint density at radius 2 is 1.76 bits per heavy atom. The minimum Gasteiger partial charge on any atom is -0.493 e. The van der Waals surface area contributed by atoms with Gasteiger partial charge in [0.15, 0.2) is 11.5 Å². The Hall–Kier alpha value is -2.43. The highest BCUT2D eigenvalue weighted by molar-refractivity contribution is 5.78. The SMILES string of the molecule is CCN(c1cccc(F)c1)c1cc(OC)c(OC)cc1N. The van der Waals surface area contributed by atoms with Crippen LogP contribution in [0.4, 0.5) is 21.5 Å². The van der Waals surface area contributed by atoms with Gasteiger partial charge in [0, 0.05) is 24.4 Å². The molecule has 0 saturated heterocycles. The maximum atomic E-state index is 13.4. The fraction of sp³-hybridized carbons (Fsp3) is 0.250. The van der Waals surface area contributed by atoms with Crippen LogP contribution in [0.2, 0.25) is 0 Å². The molecular formula is C16H19FN2O2. The molecule has 0 heterocycles. The molecule has 2 N–H and O–H groups in total. The molecule has 2 aromatic carbocycles. The molecule has 0 aliphatic rings. The summed E-state index contributed by atoms with van der Waals surface area (Å²) in [6.45, 7) is 2.62. The summed E-state index contributed by atoms with van der Waals surface area (Å²) < 4.78 is 24.0. The largest absolute Gasteiger partial charge is 0.493 e. The average molecular weight is 290 g/mol. The van der Waals surface area contributed by atoms with Gasteiger partial charge in [-0.25, -0.2) is 4.39 Å². The van der Waals surface area contributed by atoms with Gasteiger partial charge in [0.25, 0.3) is 0 Å². The monoisotopic (exact) mass is 290 g/mol. The number of rotatable bonds is 5. The van der Waals surface area contributed by atoms with Crippen LogP contribution in [-0.4, -0.2) is 20.8 Å². The van der Waals surface area contributed by atoms with Gasteiger partial charge in [-0.05, 0) is 25.1 Å². The molecule has 2 aromatic rings. The Balaban J connectivity index is 2.52. The number of benzene rings is 2. The molecule has 0 amide bonds. The van der Waals surface area contributed by atoms with E-state index in [-0.39, 0.29) is 5.82 Å². The zero-order chi connectivity index (χ0) is 15.4. The molecule has 0 aliphatic heterocycles. The zero-order valence-electron chi connectivity index (χ0n) is 12.4. The van der Waals surface area contributed by atoms with Crippen LogP contribution in [0, 0.1) is 5.82 Å². The lowest BCUT2D eigenvalue weighted by atomic mass is 10.2. The smallest absolute Gasteiger partial charge is 0.162 e. The van der Waals surface area contributed by atoms with E-state index in [0.29, 0.717) is 23.7 Å². The highest BCUT2D eigenvalue weighted by Crippen LogP contribution is 2.39. The summed E-state index contributed by atoms with van der Waals surface area (Å²) >= 11 is 0. The molecule has 0 unspecified atom stereocenters. The maximum absolute atomic E-state index is 13.4. The number of nitrogen functional groups attached to an aromatic ring is 1. The second kappa shape index (κ2) is 6.35. The predicted octanol–water partition coefficient (Wildman–Crippen LogP) is 3.58. The van der Waals surface area contributed by atoms with Crippen molar-refractivity contribution in [1.82, 2.24) is 0 Å². The van der Waals surface area contributed by atoms with E-state index >= 15 is 0 Å². The Morgan fingerprint density at radius 1 is 1.10 bits per heavy atom. The lowest BCUT2D eigenvalue weighted by Gasteiger charge is -2.26. The van der Waals surface area contributed by atoms with Gasteiger partial charge in [-0.1, -0.05) is 6.07 Å². The van der Waals surface area contributed by atoms with Gasteiger partial charge >= 0.3 is 0 Å². The standard InChI is InChI=1S/C16H19FN2O2/c1-4-19(12-7-5-6-11(17)8-12)14-10-16(21-3)15(20-2)9-13(14)18/h5-10H,4,18H2,1-3H3. The summed E-state index contributed by atoms with van der Waals surface area (Å²) in [5, 5.41) is 0. The van der Waals surface area contributed by atoms with E-state index in [9.17, 15) is 4.39 Å². The molecule has 112 valence electrons. The van der Waals surface area contributed by atoms with Crippen LogP contribution in [0.5, 0.6) is 11.5 Å². The lowest BCUT2D eigenvalue weighted by molar-refractivity contribution is 0.355. The molecule has 0 bridgehead atoms. The van der Waals surface area contributed by atoms with Crippen molar-refractivity contribution in [2.24, 2.45) is 0 Å². The molecule has 0 spiro atoms. The number of ether oxygens (including phenoxy) is 2. The Bertz CT molecular complexity index is 632. The van der Waals surface area contributed by atoms with E-state index in [0.717, 1.165) is 11.4 Å². The average Bonchev–Trinajstić information content (AvgIpc) is 2.49. The van der Waals surface area contributed by atoms with E-state index in [1.165, 1.54) is 12.1 Å². The van der Waals surface area contributed by atoms with Crippen LogP contribution in [0.1, 0.15) is 6.92 Å². The predicted molar refractivity (Wildman–Crippen MR) is 83.0 cm³/mol. The van der Waals surface area contributed by atoms with Crippen molar-refractivity contribution >= 4 is 17.1 Å². The van der Waals surface area contributed by atoms with Crippen LogP contribution < -0.4 is 20.1 Å². The number of nitrogens with zero attached hydrogens (tertiary/aromatic N) is 1. The van der Waals surface area contributed by atoms with E-state index in [1.54, 1.807) is 32.4 Å². The molecule has 0 aromatic heterocycles. The fourth-order valence-corrected chi connectivity index (χ4v) is 2.25. The number of hydrogen-bond donors (Lipinski definition) is 1. The summed E-state index contributed by atoms with van der Waals surface area (Å²) in [4.78, 5) is 1.92. The third kappa shape index (κ3) is 3.02. The van der Waals surface area contributed by atoms with Crippen molar-refractivity contribution in [3.63, 3.8) is 0 Å². The summed E-state index contributed by atoms with van der Waals surface area (Å²) in [5.74, 6) is 0.857. The van der Waals surface area contributed by atoms with Crippen LogP contribution in [-0.2, 0) is 0 Å². The van der Waals surface area contributed by atoms with E-state index < -0.39 is 0 Å². The van der Waals surface area contributed by atoms with Gasteiger partial charge in [0.2, 0.25) is 0 Å². The lowest BCUT2D eigenvalue weighted by Crippen LogP contribution is -2.18. The van der Waals surface area contributed by atoms with Gasteiger partial charge in [-0.2, -0.15) is 0 Å². The number of anilines is 3. The second-order valence-corrected chi connectivity index (χ2v) is 4.49. The van der Waals surface area contributed by atoms with Gasteiger partial charge in [0.1, 0.15) is 5.82 Å². The fourth-order valence-electron chi connectivity index (χ4n) is 2.25. The molecule has 4 nitrogen and oxygen atoms in total. The second-order valence-electron chi connectivity index (χ2n) is 4.49. The quantitative estimate of drug-likeness (QED) is 0.855. The van der Waals surface area contributed by atoms with E-state index in [2.05, 4.69) is 0 Å². The summed E-state index contributed by atoms with van der Waals surface area (Å²) in [6.07, 6.45) is 0. The Morgan fingerprint density at radius 3 is 2.33 bits per heavy atom. The molecule has 0 radical (unpaired) electrons. The topological polar surface area (TPSA) is 47.7 Å². The van der Waals surface area contributed by atoms with Gasteiger partial charge in [-0.3, -0.25) is 0 Å². The first-order valence-corrected chi connectivity index (χ1v) is 6.65. The van der Waals surface area contributed by atoms with E-state index in [1.807, 2.05) is 17.9 Å². The molecule has 0 saturated carbocycles. The Kier molecular flexibility index (Phi) is 4.52. The molecule has 0 fully saturated rings. The van der Waals surface area contributed by atoms with Crippen molar-refractivity contribution in [2.45, 2.75) is 6.92 Å². The van der Waals surface area contributed by atoms with Crippen LogP contribution in [0.25, 0.3) is 0 Å². The van der Waals surface area contributed by atoms with Crippen molar-refractivity contribution in [3.05, 3.63) is 42.2 Å². The highest BCUT2D eigenvalue weighted by Gasteiger charge is 2.15. The number of halogens is 1. The van der Waals surface area contributed by atoms with E-state index in [4.69, 9.17) is 15.2 Å². The normalized spacial score (nSPS) is 10.3. The van der Waals surface area contributed by atoms with Crippen molar-refractivity contribution in [3.8, 4) is 11.5 Å². The maximum Gasteiger partial charge on any atom is 0.162 e. The van der Waals surface area contributed by atoms with Crippen molar-refractivity contribution in [1.29, 1.82) is 0 Å².